The summed E-state index contributed by atoms with van der Waals surface area (Å²) in [4.78, 5) is 13.5. The third-order valence-electron chi connectivity index (χ3n) is 6.43. The summed E-state index contributed by atoms with van der Waals surface area (Å²) in [5, 5.41) is 4.88. The molecule has 0 saturated carbocycles. The van der Waals surface area contributed by atoms with Crippen molar-refractivity contribution in [1.29, 1.82) is 0 Å². The van der Waals surface area contributed by atoms with Crippen molar-refractivity contribution in [3.05, 3.63) is 36.0 Å². The number of aryl methyl sites for hydroxylation is 1. The fourth-order valence-corrected chi connectivity index (χ4v) is 4.90. The second kappa shape index (κ2) is 11.9. The summed E-state index contributed by atoms with van der Waals surface area (Å²) in [5.74, 6) is 1.91. The highest BCUT2D eigenvalue weighted by molar-refractivity contribution is 14.0. The fraction of sp³-hybridized carbons (Fsp3) is 0.625. The van der Waals surface area contributed by atoms with E-state index in [4.69, 9.17) is 4.99 Å². The molecule has 0 aliphatic carbocycles. The number of aromatic nitrogens is 1. The number of fused-ring (bicyclic) bond motifs is 1. The number of H-pyrrole nitrogens is 1. The summed E-state index contributed by atoms with van der Waals surface area (Å²) in [7, 11) is 0. The first-order valence-corrected chi connectivity index (χ1v) is 11.6. The standard InChI is InChI=1S/C24H37N5.HI/c1-2-25-24(29-16-12-20(19-29)18-28-14-6-3-7-15-28)26-13-8-9-21-17-27-23-11-5-4-10-22(21)23;/h4-5,10-11,17,20,27H,2-3,6-9,12-16,18-19H2,1H3,(H,25,26);1H. The minimum Gasteiger partial charge on any atom is -0.361 e. The van der Waals surface area contributed by atoms with Gasteiger partial charge in [0.15, 0.2) is 5.96 Å². The summed E-state index contributed by atoms with van der Waals surface area (Å²) < 4.78 is 0. The van der Waals surface area contributed by atoms with E-state index in [2.05, 4.69) is 57.5 Å². The molecular formula is C24H38IN5. The van der Waals surface area contributed by atoms with Gasteiger partial charge in [0.25, 0.3) is 0 Å². The molecule has 0 bridgehead atoms. The molecule has 0 spiro atoms. The number of aromatic amines is 1. The van der Waals surface area contributed by atoms with Crippen LogP contribution in [0.5, 0.6) is 0 Å². The van der Waals surface area contributed by atoms with Gasteiger partial charge in [-0.3, -0.25) is 4.99 Å². The summed E-state index contributed by atoms with van der Waals surface area (Å²) in [6.07, 6.45) is 9.81. The lowest BCUT2D eigenvalue weighted by Crippen LogP contribution is -2.41. The average molecular weight is 524 g/mol. The van der Waals surface area contributed by atoms with E-state index < -0.39 is 0 Å². The van der Waals surface area contributed by atoms with Crippen LogP contribution in [0, 0.1) is 5.92 Å². The van der Waals surface area contributed by atoms with Crippen LogP contribution in [-0.2, 0) is 6.42 Å². The second-order valence-corrected chi connectivity index (χ2v) is 8.66. The van der Waals surface area contributed by atoms with Gasteiger partial charge in [-0.25, -0.2) is 0 Å². The summed E-state index contributed by atoms with van der Waals surface area (Å²) >= 11 is 0. The number of piperidine rings is 1. The van der Waals surface area contributed by atoms with Crippen molar-refractivity contribution < 1.29 is 0 Å². The highest BCUT2D eigenvalue weighted by Gasteiger charge is 2.26. The Kier molecular flexibility index (Phi) is 9.30. The SMILES string of the molecule is CCNC(=NCCCc1c[nH]c2ccccc12)N1CCC(CN2CCCCC2)C1.I. The van der Waals surface area contributed by atoms with Gasteiger partial charge < -0.3 is 20.1 Å². The van der Waals surface area contributed by atoms with E-state index in [-0.39, 0.29) is 24.0 Å². The first-order chi connectivity index (χ1) is 14.3. The number of nitrogens with one attached hydrogen (secondary N) is 2. The van der Waals surface area contributed by atoms with Crippen molar-refractivity contribution in [3.8, 4) is 0 Å². The zero-order valence-corrected chi connectivity index (χ0v) is 20.7. The molecule has 2 fully saturated rings. The number of benzene rings is 1. The molecule has 1 aromatic carbocycles. The summed E-state index contributed by atoms with van der Waals surface area (Å²) in [6.45, 7) is 10.2. The van der Waals surface area contributed by atoms with Crippen LogP contribution < -0.4 is 5.32 Å². The number of hydrogen-bond donors (Lipinski definition) is 2. The number of para-hydroxylation sites is 1. The Balaban J connectivity index is 0.00000256. The van der Waals surface area contributed by atoms with Gasteiger partial charge in [-0.15, -0.1) is 24.0 Å². The predicted molar refractivity (Wildman–Crippen MR) is 138 cm³/mol. The third kappa shape index (κ3) is 6.13. The van der Waals surface area contributed by atoms with Crippen LogP contribution in [0.15, 0.2) is 35.5 Å². The molecule has 2 aromatic rings. The van der Waals surface area contributed by atoms with E-state index in [1.165, 1.54) is 61.8 Å². The van der Waals surface area contributed by atoms with Crippen molar-refractivity contribution >= 4 is 40.8 Å². The molecule has 1 atom stereocenters. The number of hydrogen-bond acceptors (Lipinski definition) is 2. The molecule has 0 amide bonds. The lowest BCUT2D eigenvalue weighted by molar-refractivity contribution is 0.198. The Bertz CT molecular complexity index is 796. The van der Waals surface area contributed by atoms with Crippen LogP contribution in [0.1, 0.15) is 44.6 Å². The van der Waals surface area contributed by atoms with Gasteiger partial charge in [-0.2, -0.15) is 0 Å². The van der Waals surface area contributed by atoms with Crippen LogP contribution in [0.4, 0.5) is 0 Å². The molecule has 3 heterocycles. The molecule has 30 heavy (non-hydrogen) atoms. The summed E-state index contributed by atoms with van der Waals surface area (Å²) in [6, 6.07) is 8.56. The topological polar surface area (TPSA) is 46.7 Å². The largest absolute Gasteiger partial charge is 0.361 e. The molecule has 2 aliphatic rings. The molecule has 2 N–H and O–H groups in total. The Hall–Kier alpha value is -1.28. The highest BCUT2D eigenvalue weighted by atomic mass is 127. The van der Waals surface area contributed by atoms with Crippen molar-refractivity contribution in [3.63, 3.8) is 0 Å². The lowest BCUT2D eigenvalue weighted by Gasteiger charge is -2.29. The van der Waals surface area contributed by atoms with E-state index in [1.807, 2.05) is 0 Å². The molecule has 2 aliphatic heterocycles. The maximum atomic E-state index is 4.96. The van der Waals surface area contributed by atoms with Gasteiger partial charge in [0.05, 0.1) is 0 Å². The third-order valence-corrected chi connectivity index (χ3v) is 6.43. The fourth-order valence-electron chi connectivity index (χ4n) is 4.90. The minimum absolute atomic E-state index is 0. The average Bonchev–Trinajstić information content (AvgIpc) is 3.38. The zero-order valence-electron chi connectivity index (χ0n) is 18.4. The maximum Gasteiger partial charge on any atom is 0.193 e. The molecule has 1 unspecified atom stereocenters. The predicted octanol–water partition coefficient (Wildman–Crippen LogP) is 4.49. The molecule has 1 aromatic heterocycles. The maximum absolute atomic E-state index is 4.96. The minimum atomic E-state index is 0. The first kappa shape index (κ1) is 23.4. The monoisotopic (exact) mass is 523 g/mol. The Morgan fingerprint density at radius 1 is 1.17 bits per heavy atom. The van der Waals surface area contributed by atoms with Crippen LogP contribution in [0.3, 0.4) is 0 Å². The van der Waals surface area contributed by atoms with Gasteiger partial charge in [-0.1, -0.05) is 24.6 Å². The van der Waals surface area contributed by atoms with Crippen molar-refractivity contribution in [2.45, 2.75) is 45.4 Å². The van der Waals surface area contributed by atoms with Crippen LogP contribution in [-0.4, -0.2) is 66.6 Å². The molecule has 5 nitrogen and oxygen atoms in total. The number of likely N-dealkylation sites (tertiary alicyclic amines) is 2. The van der Waals surface area contributed by atoms with Crippen molar-refractivity contribution in [2.75, 3.05) is 45.8 Å². The number of rotatable bonds is 7. The molecule has 166 valence electrons. The molecule has 4 rings (SSSR count). The van der Waals surface area contributed by atoms with E-state index in [1.54, 1.807) is 0 Å². The Morgan fingerprint density at radius 3 is 2.83 bits per heavy atom. The van der Waals surface area contributed by atoms with E-state index in [9.17, 15) is 0 Å². The number of guanidine groups is 1. The van der Waals surface area contributed by atoms with Gasteiger partial charge in [0.2, 0.25) is 0 Å². The van der Waals surface area contributed by atoms with Gasteiger partial charge in [0.1, 0.15) is 0 Å². The van der Waals surface area contributed by atoms with Crippen LogP contribution in [0.2, 0.25) is 0 Å². The van der Waals surface area contributed by atoms with Crippen LogP contribution in [0.25, 0.3) is 10.9 Å². The number of halogens is 1. The number of nitrogens with zero attached hydrogens (tertiary/aromatic N) is 3. The number of aliphatic imine (C=N–C) groups is 1. The summed E-state index contributed by atoms with van der Waals surface area (Å²) in [5.41, 5.74) is 2.64. The van der Waals surface area contributed by atoms with Crippen molar-refractivity contribution in [1.82, 2.24) is 20.1 Å². The van der Waals surface area contributed by atoms with Gasteiger partial charge in [-0.05, 0) is 69.7 Å². The van der Waals surface area contributed by atoms with Crippen LogP contribution >= 0.6 is 24.0 Å². The van der Waals surface area contributed by atoms with E-state index in [0.29, 0.717) is 0 Å². The second-order valence-electron chi connectivity index (χ2n) is 8.66. The van der Waals surface area contributed by atoms with Gasteiger partial charge in [0, 0.05) is 49.8 Å². The van der Waals surface area contributed by atoms with E-state index in [0.717, 1.165) is 50.9 Å². The first-order valence-electron chi connectivity index (χ1n) is 11.6. The normalized spacial score (nSPS) is 20.5. The lowest BCUT2D eigenvalue weighted by atomic mass is 10.1. The molecule has 6 heteroatoms. The van der Waals surface area contributed by atoms with Crippen molar-refractivity contribution in [2.24, 2.45) is 10.9 Å². The molecule has 0 radical (unpaired) electrons. The smallest absolute Gasteiger partial charge is 0.193 e. The van der Waals surface area contributed by atoms with E-state index >= 15 is 0 Å². The highest BCUT2D eigenvalue weighted by Crippen LogP contribution is 2.21. The Labute approximate surface area is 198 Å². The quantitative estimate of drug-likeness (QED) is 0.243. The Morgan fingerprint density at radius 2 is 2.00 bits per heavy atom. The zero-order chi connectivity index (χ0) is 19.9. The molecular weight excluding hydrogens is 485 g/mol. The van der Waals surface area contributed by atoms with Gasteiger partial charge >= 0.3 is 0 Å². The molecule has 2 saturated heterocycles.